The number of methoxy groups -OCH3 is 1. The molecule has 0 aliphatic carbocycles. The number of hydrogen-bond donors (Lipinski definition) is 2. The third kappa shape index (κ3) is 4.79. The van der Waals surface area contributed by atoms with Crippen molar-refractivity contribution in [3.8, 4) is 0 Å². The van der Waals surface area contributed by atoms with Crippen LogP contribution in [-0.4, -0.2) is 34.3 Å². The van der Waals surface area contributed by atoms with Crippen LogP contribution in [0.2, 0.25) is 0 Å². The van der Waals surface area contributed by atoms with E-state index in [1.54, 1.807) is 7.11 Å². The fourth-order valence-electron chi connectivity index (χ4n) is 2.26. The van der Waals surface area contributed by atoms with Crippen LogP contribution >= 0.6 is 0 Å². The highest BCUT2D eigenvalue weighted by molar-refractivity contribution is 5.37. The van der Waals surface area contributed by atoms with E-state index in [1.165, 1.54) is 0 Å². The molecule has 22 heavy (non-hydrogen) atoms. The summed E-state index contributed by atoms with van der Waals surface area (Å²) in [6.07, 6.45) is 0.104. The van der Waals surface area contributed by atoms with Crippen LogP contribution in [0.5, 0.6) is 0 Å². The van der Waals surface area contributed by atoms with Crippen molar-refractivity contribution in [2.45, 2.75) is 39.0 Å². The summed E-state index contributed by atoms with van der Waals surface area (Å²) in [6, 6.07) is 11.7. The van der Waals surface area contributed by atoms with E-state index in [1.807, 2.05) is 50.2 Å². The van der Waals surface area contributed by atoms with Gasteiger partial charge in [-0.2, -0.15) is 0 Å². The van der Waals surface area contributed by atoms with E-state index in [2.05, 4.69) is 15.3 Å². The van der Waals surface area contributed by atoms with Crippen molar-refractivity contribution in [2.24, 2.45) is 0 Å². The van der Waals surface area contributed by atoms with Crippen molar-refractivity contribution < 1.29 is 9.84 Å². The molecule has 2 rings (SSSR count). The number of aromatic nitrogens is 2. The van der Waals surface area contributed by atoms with Gasteiger partial charge >= 0.3 is 0 Å². The molecule has 0 saturated heterocycles. The van der Waals surface area contributed by atoms with Crippen molar-refractivity contribution in [3.05, 3.63) is 53.5 Å². The predicted molar refractivity (Wildman–Crippen MR) is 86.7 cm³/mol. The highest BCUT2D eigenvalue weighted by Gasteiger charge is 2.15. The van der Waals surface area contributed by atoms with Crippen molar-refractivity contribution >= 4 is 5.82 Å². The number of nitrogens with one attached hydrogen (secondary N) is 1. The zero-order valence-electron chi connectivity index (χ0n) is 13.3. The van der Waals surface area contributed by atoms with Crippen LogP contribution in [0.15, 0.2) is 36.4 Å². The highest BCUT2D eigenvalue weighted by Crippen LogP contribution is 2.12. The van der Waals surface area contributed by atoms with Gasteiger partial charge in [-0.3, -0.25) is 0 Å². The van der Waals surface area contributed by atoms with Gasteiger partial charge in [0.05, 0.1) is 12.1 Å². The third-order valence-electron chi connectivity index (χ3n) is 3.41. The van der Waals surface area contributed by atoms with E-state index in [0.717, 1.165) is 11.3 Å². The summed E-state index contributed by atoms with van der Waals surface area (Å²) < 4.78 is 5.07. The Morgan fingerprint density at radius 1 is 1.23 bits per heavy atom. The minimum atomic E-state index is -0.497. The second-order valence-electron chi connectivity index (χ2n) is 5.43. The predicted octanol–water partition coefficient (Wildman–Crippen LogP) is 2.34. The topological polar surface area (TPSA) is 67.3 Å². The normalized spacial score (nSPS) is 13.6. The Bertz CT molecular complexity index is 590. The van der Waals surface area contributed by atoms with Gasteiger partial charge in [-0.25, -0.2) is 9.97 Å². The second kappa shape index (κ2) is 7.87. The highest BCUT2D eigenvalue weighted by atomic mass is 16.5. The number of aliphatic hydroxyl groups excluding tert-OH is 1. The maximum Gasteiger partial charge on any atom is 0.156 e. The largest absolute Gasteiger partial charge is 0.391 e. The van der Waals surface area contributed by atoms with Crippen LogP contribution in [0.1, 0.15) is 24.0 Å². The van der Waals surface area contributed by atoms with Gasteiger partial charge < -0.3 is 15.2 Å². The van der Waals surface area contributed by atoms with Crippen LogP contribution in [-0.2, 0) is 17.8 Å². The molecule has 2 N–H and O–H groups in total. The molecule has 0 aliphatic rings. The molecule has 2 aromatic rings. The smallest absolute Gasteiger partial charge is 0.156 e. The molecule has 5 heteroatoms. The summed E-state index contributed by atoms with van der Waals surface area (Å²) in [5.41, 5.74) is 1.98. The zero-order valence-corrected chi connectivity index (χ0v) is 13.3. The van der Waals surface area contributed by atoms with E-state index in [0.29, 0.717) is 24.7 Å². The average molecular weight is 301 g/mol. The third-order valence-corrected chi connectivity index (χ3v) is 3.41. The summed E-state index contributed by atoms with van der Waals surface area (Å²) in [5, 5.41) is 13.6. The lowest BCUT2D eigenvalue weighted by Crippen LogP contribution is -2.32. The Morgan fingerprint density at radius 3 is 2.64 bits per heavy atom. The van der Waals surface area contributed by atoms with Crippen molar-refractivity contribution in [3.63, 3.8) is 0 Å². The number of ether oxygens (including phenoxy) is 1. The molecule has 1 heterocycles. The lowest BCUT2D eigenvalue weighted by atomic mass is 10.0. The lowest BCUT2D eigenvalue weighted by molar-refractivity contribution is 0.158. The van der Waals surface area contributed by atoms with E-state index in [-0.39, 0.29) is 6.04 Å². The van der Waals surface area contributed by atoms with Gasteiger partial charge in [-0.05, 0) is 19.4 Å². The first-order valence-electron chi connectivity index (χ1n) is 7.40. The number of nitrogens with zero attached hydrogens (tertiary/aromatic N) is 2. The standard InChI is InChI=1S/C17H23N3O2/c1-12-9-16(20-17(18-12)11-22-3)19-13(2)15(21)10-14-7-5-4-6-8-14/h4-9,13,15,21H,10-11H2,1-3H3,(H,18,19,20). The molecule has 2 unspecified atom stereocenters. The van der Waals surface area contributed by atoms with Crippen LogP contribution in [0.25, 0.3) is 0 Å². The summed E-state index contributed by atoms with van der Waals surface area (Å²) >= 11 is 0. The maximum atomic E-state index is 10.3. The fourth-order valence-corrected chi connectivity index (χ4v) is 2.26. The molecule has 2 atom stereocenters. The molecule has 1 aromatic heterocycles. The fraction of sp³-hybridized carbons (Fsp3) is 0.412. The molecule has 118 valence electrons. The van der Waals surface area contributed by atoms with Gasteiger partial charge in [0, 0.05) is 25.3 Å². The molecular weight excluding hydrogens is 278 g/mol. The molecule has 5 nitrogen and oxygen atoms in total. The first kappa shape index (κ1) is 16.4. The Balaban J connectivity index is 2.00. The summed E-state index contributed by atoms with van der Waals surface area (Å²) in [6.45, 7) is 4.23. The van der Waals surface area contributed by atoms with Crippen LogP contribution < -0.4 is 5.32 Å². The monoisotopic (exact) mass is 301 g/mol. The number of aliphatic hydroxyl groups is 1. The maximum absolute atomic E-state index is 10.3. The molecular formula is C17H23N3O2. The molecule has 1 aromatic carbocycles. The summed E-state index contributed by atoms with van der Waals surface area (Å²) in [5.74, 6) is 1.34. The number of benzene rings is 1. The summed E-state index contributed by atoms with van der Waals surface area (Å²) in [7, 11) is 1.62. The van der Waals surface area contributed by atoms with Crippen LogP contribution in [0.4, 0.5) is 5.82 Å². The van der Waals surface area contributed by atoms with E-state index < -0.39 is 6.10 Å². The van der Waals surface area contributed by atoms with Gasteiger partial charge in [-0.15, -0.1) is 0 Å². The number of anilines is 1. The SMILES string of the molecule is COCc1nc(C)cc(NC(C)C(O)Cc2ccccc2)n1. The van der Waals surface area contributed by atoms with Crippen molar-refractivity contribution in [1.82, 2.24) is 9.97 Å². The zero-order chi connectivity index (χ0) is 15.9. The number of aryl methyl sites for hydroxylation is 1. The molecule has 0 spiro atoms. The number of hydrogen-bond acceptors (Lipinski definition) is 5. The second-order valence-corrected chi connectivity index (χ2v) is 5.43. The first-order valence-corrected chi connectivity index (χ1v) is 7.40. The Labute approximate surface area is 131 Å². The first-order chi connectivity index (χ1) is 10.6. The average Bonchev–Trinajstić information content (AvgIpc) is 2.48. The van der Waals surface area contributed by atoms with Gasteiger partial charge in [0.1, 0.15) is 12.4 Å². The summed E-state index contributed by atoms with van der Waals surface area (Å²) in [4.78, 5) is 8.70. The Morgan fingerprint density at radius 2 is 1.95 bits per heavy atom. The Kier molecular flexibility index (Phi) is 5.86. The van der Waals surface area contributed by atoms with Crippen molar-refractivity contribution in [1.29, 1.82) is 0 Å². The molecule has 0 fully saturated rings. The van der Waals surface area contributed by atoms with Gasteiger partial charge in [-0.1, -0.05) is 30.3 Å². The van der Waals surface area contributed by atoms with E-state index >= 15 is 0 Å². The van der Waals surface area contributed by atoms with E-state index in [4.69, 9.17) is 4.74 Å². The van der Waals surface area contributed by atoms with Gasteiger partial charge in [0.2, 0.25) is 0 Å². The quantitative estimate of drug-likeness (QED) is 0.821. The van der Waals surface area contributed by atoms with E-state index in [9.17, 15) is 5.11 Å². The van der Waals surface area contributed by atoms with Crippen molar-refractivity contribution in [2.75, 3.05) is 12.4 Å². The minimum Gasteiger partial charge on any atom is -0.391 e. The Hall–Kier alpha value is -1.98. The molecule has 0 aliphatic heterocycles. The van der Waals surface area contributed by atoms with Crippen LogP contribution in [0, 0.1) is 6.92 Å². The molecule has 0 amide bonds. The minimum absolute atomic E-state index is 0.120. The van der Waals surface area contributed by atoms with Gasteiger partial charge in [0.25, 0.3) is 0 Å². The van der Waals surface area contributed by atoms with Gasteiger partial charge in [0.15, 0.2) is 5.82 Å². The molecule has 0 saturated carbocycles. The molecule has 0 radical (unpaired) electrons. The van der Waals surface area contributed by atoms with Crippen LogP contribution in [0.3, 0.4) is 0 Å². The lowest BCUT2D eigenvalue weighted by Gasteiger charge is -2.21. The number of rotatable bonds is 7. The molecule has 0 bridgehead atoms.